The van der Waals surface area contributed by atoms with E-state index in [2.05, 4.69) is 17.2 Å². The van der Waals surface area contributed by atoms with E-state index in [1.54, 1.807) is 18.2 Å². The molecule has 0 spiro atoms. The molecule has 0 fully saturated rings. The lowest BCUT2D eigenvalue weighted by Gasteiger charge is -2.04. The van der Waals surface area contributed by atoms with Crippen molar-refractivity contribution in [1.82, 2.24) is 5.32 Å². The standard InChI is InChI=1S/C18H15ClN2O/c1-11-6-7-14(8-12(11)2)17-20-16(18(22)21-17)10-13-4-3-5-15(19)9-13/h3-10H,1-2H3,(H,20,21,22)/b16-10+. The predicted octanol–water partition coefficient (Wildman–Crippen LogP) is 3.87. The van der Waals surface area contributed by atoms with Gasteiger partial charge in [-0.25, -0.2) is 4.99 Å². The number of hydrogen-bond acceptors (Lipinski definition) is 2. The second kappa shape index (κ2) is 5.78. The zero-order valence-corrected chi connectivity index (χ0v) is 13.1. The van der Waals surface area contributed by atoms with E-state index in [1.807, 2.05) is 37.3 Å². The molecule has 3 nitrogen and oxygen atoms in total. The molecule has 0 unspecified atom stereocenters. The molecule has 0 aromatic heterocycles. The fraction of sp³-hybridized carbons (Fsp3) is 0.111. The third kappa shape index (κ3) is 2.95. The van der Waals surface area contributed by atoms with Crippen molar-refractivity contribution in [3.05, 3.63) is 75.4 Å². The Morgan fingerprint density at radius 2 is 1.91 bits per heavy atom. The van der Waals surface area contributed by atoms with Crippen LogP contribution in [0.3, 0.4) is 0 Å². The van der Waals surface area contributed by atoms with Gasteiger partial charge in [0, 0.05) is 10.6 Å². The van der Waals surface area contributed by atoms with Crippen LogP contribution in [0.1, 0.15) is 22.3 Å². The molecule has 1 heterocycles. The van der Waals surface area contributed by atoms with Crippen LogP contribution >= 0.6 is 11.6 Å². The number of rotatable bonds is 2. The Morgan fingerprint density at radius 3 is 2.64 bits per heavy atom. The first-order chi connectivity index (χ1) is 10.5. The molecule has 1 N–H and O–H groups in total. The summed E-state index contributed by atoms with van der Waals surface area (Å²) in [5, 5.41) is 3.44. The highest BCUT2D eigenvalue weighted by Crippen LogP contribution is 2.18. The lowest BCUT2D eigenvalue weighted by Crippen LogP contribution is -2.24. The number of halogens is 1. The van der Waals surface area contributed by atoms with Crippen molar-refractivity contribution in [3.8, 4) is 0 Å². The number of aryl methyl sites for hydroxylation is 2. The first kappa shape index (κ1) is 14.5. The van der Waals surface area contributed by atoms with Crippen molar-refractivity contribution >= 4 is 29.4 Å². The fourth-order valence-electron chi connectivity index (χ4n) is 2.25. The van der Waals surface area contributed by atoms with Crippen LogP contribution in [-0.4, -0.2) is 11.7 Å². The molecule has 0 atom stereocenters. The molecule has 1 aliphatic heterocycles. The first-order valence-electron chi connectivity index (χ1n) is 6.98. The van der Waals surface area contributed by atoms with Crippen LogP contribution in [0.25, 0.3) is 6.08 Å². The van der Waals surface area contributed by atoms with Crippen molar-refractivity contribution in [2.45, 2.75) is 13.8 Å². The zero-order chi connectivity index (χ0) is 15.7. The zero-order valence-electron chi connectivity index (χ0n) is 12.4. The maximum Gasteiger partial charge on any atom is 0.275 e. The third-order valence-electron chi connectivity index (χ3n) is 3.63. The van der Waals surface area contributed by atoms with E-state index in [9.17, 15) is 4.79 Å². The van der Waals surface area contributed by atoms with Crippen molar-refractivity contribution in [2.75, 3.05) is 0 Å². The Hall–Kier alpha value is -2.39. The van der Waals surface area contributed by atoms with E-state index in [0.717, 1.165) is 11.1 Å². The second-order valence-corrected chi connectivity index (χ2v) is 5.73. The van der Waals surface area contributed by atoms with Crippen molar-refractivity contribution in [1.29, 1.82) is 0 Å². The fourth-order valence-corrected chi connectivity index (χ4v) is 2.45. The van der Waals surface area contributed by atoms with Crippen LogP contribution < -0.4 is 5.32 Å². The number of nitrogens with zero attached hydrogens (tertiary/aromatic N) is 1. The lowest BCUT2D eigenvalue weighted by molar-refractivity contribution is -0.115. The Bertz CT molecular complexity index is 822. The predicted molar refractivity (Wildman–Crippen MR) is 90.0 cm³/mol. The maximum atomic E-state index is 12.1. The summed E-state index contributed by atoms with van der Waals surface area (Å²) >= 11 is 5.96. The maximum absolute atomic E-state index is 12.1. The molecule has 22 heavy (non-hydrogen) atoms. The van der Waals surface area contributed by atoms with Crippen molar-refractivity contribution in [2.24, 2.45) is 4.99 Å². The Morgan fingerprint density at radius 1 is 1.09 bits per heavy atom. The molecule has 3 rings (SSSR count). The van der Waals surface area contributed by atoms with Gasteiger partial charge in [0.2, 0.25) is 0 Å². The monoisotopic (exact) mass is 310 g/mol. The number of carbonyl (C=O) groups is 1. The average molecular weight is 311 g/mol. The smallest absolute Gasteiger partial charge is 0.275 e. The molecule has 1 aliphatic rings. The summed E-state index contributed by atoms with van der Waals surface area (Å²) in [6, 6.07) is 13.3. The number of carbonyl (C=O) groups excluding carboxylic acids is 1. The van der Waals surface area contributed by atoms with Gasteiger partial charge in [0.05, 0.1) is 0 Å². The van der Waals surface area contributed by atoms with Crippen LogP contribution in [0, 0.1) is 13.8 Å². The van der Waals surface area contributed by atoms with Crippen molar-refractivity contribution < 1.29 is 4.79 Å². The van der Waals surface area contributed by atoms with Crippen LogP contribution in [-0.2, 0) is 4.79 Å². The van der Waals surface area contributed by atoms with Gasteiger partial charge >= 0.3 is 0 Å². The number of amides is 1. The summed E-state index contributed by atoms with van der Waals surface area (Å²) in [6.45, 7) is 4.09. The normalized spacial score (nSPS) is 15.9. The van der Waals surface area contributed by atoms with Gasteiger partial charge in [-0.15, -0.1) is 0 Å². The third-order valence-corrected chi connectivity index (χ3v) is 3.86. The van der Waals surface area contributed by atoms with Gasteiger partial charge in [-0.3, -0.25) is 4.79 Å². The van der Waals surface area contributed by atoms with Crippen LogP contribution in [0.5, 0.6) is 0 Å². The molecule has 1 amide bonds. The highest BCUT2D eigenvalue weighted by Gasteiger charge is 2.21. The highest BCUT2D eigenvalue weighted by molar-refractivity contribution is 6.30. The minimum absolute atomic E-state index is 0.201. The topological polar surface area (TPSA) is 41.5 Å². The first-order valence-corrected chi connectivity index (χ1v) is 7.36. The molecule has 4 heteroatoms. The summed E-state index contributed by atoms with van der Waals surface area (Å²) in [5.74, 6) is 0.384. The minimum Gasteiger partial charge on any atom is -0.305 e. The highest BCUT2D eigenvalue weighted by atomic mass is 35.5. The number of amidine groups is 1. The van der Waals surface area contributed by atoms with E-state index in [1.165, 1.54) is 11.1 Å². The summed E-state index contributed by atoms with van der Waals surface area (Å²) in [5.41, 5.74) is 4.52. The van der Waals surface area contributed by atoms with Gasteiger partial charge in [0.25, 0.3) is 5.91 Å². The van der Waals surface area contributed by atoms with E-state index < -0.39 is 0 Å². The summed E-state index contributed by atoms with van der Waals surface area (Å²) < 4.78 is 0. The molecule has 2 aromatic rings. The van der Waals surface area contributed by atoms with Gasteiger partial charge in [-0.2, -0.15) is 0 Å². The number of hydrogen-bond donors (Lipinski definition) is 1. The Labute approximate surface area is 134 Å². The van der Waals surface area contributed by atoms with Gasteiger partial charge in [0.1, 0.15) is 11.5 Å². The summed E-state index contributed by atoms with van der Waals surface area (Å²) in [4.78, 5) is 16.5. The minimum atomic E-state index is -0.201. The van der Waals surface area contributed by atoms with E-state index >= 15 is 0 Å². The Balaban J connectivity index is 1.96. The van der Waals surface area contributed by atoms with E-state index in [0.29, 0.717) is 16.6 Å². The molecular weight excluding hydrogens is 296 g/mol. The molecular formula is C18H15ClN2O. The molecule has 2 aromatic carbocycles. The Kier molecular flexibility index (Phi) is 3.82. The number of aliphatic imine (C=N–C) groups is 1. The molecule has 0 aliphatic carbocycles. The second-order valence-electron chi connectivity index (χ2n) is 5.30. The molecule has 110 valence electrons. The van der Waals surface area contributed by atoms with Gasteiger partial charge in [-0.1, -0.05) is 35.9 Å². The largest absolute Gasteiger partial charge is 0.305 e. The van der Waals surface area contributed by atoms with Gasteiger partial charge in [-0.05, 0) is 54.8 Å². The van der Waals surface area contributed by atoms with E-state index in [4.69, 9.17) is 11.6 Å². The van der Waals surface area contributed by atoms with Crippen molar-refractivity contribution in [3.63, 3.8) is 0 Å². The van der Waals surface area contributed by atoms with Gasteiger partial charge in [0.15, 0.2) is 0 Å². The molecule has 0 saturated carbocycles. The molecule has 0 bridgehead atoms. The lowest BCUT2D eigenvalue weighted by atomic mass is 10.1. The SMILES string of the molecule is Cc1ccc(C2=N/C(=C/c3cccc(Cl)c3)C(=O)N2)cc1C. The van der Waals surface area contributed by atoms with Gasteiger partial charge < -0.3 is 5.32 Å². The number of nitrogens with one attached hydrogen (secondary N) is 1. The molecule has 0 saturated heterocycles. The summed E-state index contributed by atoms with van der Waals surface area (Å²) in [6.07, 6.45) is 1.73. The number of benzene rings is 2. The van der Waals surface area contributed by atoms with E-state index in [-0.39, 0.29) is 5.91 Å². The summed E-state index contributed by atoms with van der Waals surface area (Å²) in [7, 11) is 0. The van der Waals surface area contributed by atoms with Crippen LogP contribution in [0.15, 0.2) is 53.2 Å². The van der Waals surface area contributed by atoms with Crippen LogP contribution in [0.4, 0.5) is 0 Å². The molecule has 0 radical (unpaired) electrons. The quantitative estimate of drug-likeness (QED) is 0.840. The van der Waals surface area contributed by atoms with Crippen LogP contribution in [0.2, 0.25) is 5.02 Å². The average Bonchev–Trinajstić information content (AvgIpc) is 2.83.